The molecule has 0 bridgehead atoms. The maximum atomic E-state index is 12.8. The first kappa shape index (κ1) is 23.1. The molecule has 164 valence electrons. The minimum absolute atomic E-state index is 0.0347. The maximum absolute atomic E-state index is 12.8. The summed E-state index contributed by atoms with van der Waals surface area (Å²) in [4.78, 5) is 16.2. The second kappa shape index (κ2) is 10.5. The van der Waals surface area contributed by atoms with Crippen molar-refractivity contribution in [1.82, 2.24) is 14.8 Å². The fraction of sp³-hybridized carbons (Fsp3) is 0.368. The lowest BCUT2D eigenvalue weighted by Crippen LogP contribution is -2.25. The fourth-order valence-electron chi connectivity index (χ4n) is 2.20. The van der Waals surface area contributed by atoms with Gasteiger partial charge in [0.25, 0.3) is 0 Å². The lowest BCUT2D eigenvalue weighted by atomic mass is 10.2. The lowest BCUT2D eigenvalue weighted by molar-refractivity contribution is -0.132. The third-order valence-electron chi connectivity index (χ3n) is 3.73. The average Bonchev–Trinajstić information content (AvgIpc) is 3.16. The van der Waals surface area contributed by atoms with Gasteiger partial charge in [-0.2, -0.15) is 23.3 Å². The number of amides is 1. The van der Waals surface area contributed by atoms with E-state index < -0.39 is 18.0 Å². The van der Waals surface area contributed by atoms with Crippen molar-refractivity contribution in [2.24, 2.45) is 0 Å². The molecule has 0 unspecified atom stereocenters. The highest BCUT2D eigenvalue weighted by molar-refractivity contribution is 5.65. The Bertz CT molecular complexity index is 850. The van der Waals surface area contributed by atoms with Gasteiger partial charge in [-0.05, 0) is 24.6 Å². The summed E-state index contributed by atoms with van der Waals surface area (Å²) in [6.07, 6.45) is -1.44. The molecule has 0 saturated carbocycles. The second-order valence-electron chi connectivity index (χ2n) is 5.96. The first-order valence-electron chi connectivity index (χ1n) is 8.84. The van der Waals surface area contributed by atoms with Gasteiger partial charge < -0.3 is 14.2 Å². The summed E-state index contributed by atoms with van der Waals surface area (Å²) in [5.74, 6) is -0.967. The number of hydroxylamine groups is 2. The quantitative estimate of drug-likeness (QED) is 0.445. The van der Waals surface area contributed by atoms with E-state index in [-0.39, 0.29) is 19.0 Å². The fourth-order valence-corrected chi connectivity index (χ4v) is 2.20. The molecule has 2 rings (SSSR count). The van der Waals surface area contributed by atoms with Gasteiger partial charge in [0.1, 0.15) is 18.6 Å². The molecule has 0 aliphatic heterocycles. The Morgan fingerprint density at radius 3 is 2.50 bits per heavy atom. The highest BCUT2D eigenvalue weighted by Crippen LogP contribution is 2.27. The zero-order valence-corrected chi connectivity index (χ0v) is 16.7. The van der Waals surface area contributed by atoms with E-state index in [1.165, 1.54) is 21.1 Å². The summed E-state index contributed by atoms with van der Waals surface area (Å²) >= 11 is 0. The predicted octanol–water partition coefficient (Wildman–Crippen LogP) is 3.88. The Labute approximate surface area is 171 Å². The van der Waals surface area contributed by atoms with E-state index >= 15 is 0 Å². The maximum Gasteiger partial charge on any atom is 0.452 e. The summed E-state index contributed by atoms with van der Waals surface area (Å²) in [6, 6.07) is 6.48. The van der Waals surface area contributed by atoms with Crippen molar-refractivity contribution in [1.29, 1.82) is 0 Å². The molecule has 8 nitrogen and oxygen atoms in total. The van der Waals surface area contributed by atoms with E-state index in [0.29, 0.717) is 18.4 Å². The van der Waals surface area contributed by atoms with Gasteiger partial charge in [-0.25, -0.2) is 4.79 Å². The molecule has 0 radical (unpaired) electrons. The molecular formula is C19H22F3N3O5. The Balaban J connectivity index is 1.92. The van der Waals surface area contributed by atoms with Crippen molar-refractivity contribution in [3.05, 3.63) is 59.8 Å². The number of carbonyl (C=O) groups excluding carboxylic acids is 1. The van der Waals surface area contributed by atoms with E-state index in [0.717, 1.165) is 10.6 Å². The monoisotopic (exact) mass is 429 g/mol. The molecule has 11 heteroatoms. The summed E-state index contributed by atoms with van der Waals surface area (Å²) in [7, 11) is 2.77. The van der Waals surface area contributed by atoms with E-state index in [4.69, 9.17) is 14.3 Å². The third kappa shape index (κ3) is 6.99. The number of allylic oxidation sites excluding steroid dienone is 1. The van der Waals surface area contributed by atoms with Crippen LogP contribution in [0.15, 0.2) is 48.7 Å². The van der Waals surface area contributed by atoms with Gasteiger partial charge in [-0.15, -0.1) is 0 Å². The Morgan fingerprint density at radius 1 is 1.20 bits per heavy atom. The highest BCUT2D eigenvalue weighted by Gasteiger charge is 2.36. The standard InChI is InChI=1S/C19H22F3N3O5/c1-4-28-17(19(20,21)22)13-29-16-7-5-14(6-8-16)10-25-11-15(9-23-25)12-30-18(26)24(2)27-3/h5-9,11,13H,4,10,12H2,1-3H3/b17-13-. The highest BCUT2D eigenvalue weighted by atomic mass is 19.4. The number of hydrogen-bond acceptors (Lipinski definition) is 6. The van der Waals surface area contributed by atoms with Gasteiger partial charge in [0.2, 0.25) is 5.76 Å². The van der Waals surface area contributed by atoms with Crippen LogP contribution in [0.5, 0.6) is 5.75 Å². The normalized spacial score (nSPS) is 11.9. The number of benzene rings is 1. The van der Waals surface area contributed by atoms with Crippen LogP contribution < -0.4 is 4.74 Å². The van der Waals surface area contributed by atoms with E-state index in [1.807, 2.05) is 0 Å². The molecule has 0 fully saturated rings. The number of aromatic nitrogens is 2. The zero-order chi connectivity index (χ0) is 22.1. The van der Waals surface area contributed by atoms with Crippen LogP contribution in [-0.4, -0.2) is 47.9 Å². The molecule has 0 spiro atoms. The number of halogens is 3. The molecular weight excluding hydrogens is 407 g/mol. The second-order valence-corrected chi connectivity index (χ2v) is 5.96. The number of carbonyl (C=O) groups is 1. The van der Waals surface area contributed by atoms with Gasteiger partial charge in [0.15, 0.2) is 0 Å². The molecule has 0 atom stereocenters. The molecule has 30 heavy (non-hydrogen) atoms. The van der Waals surface area contributed by atoms with Crippen molar-refractivity contribution in [2.45, 2.75) is 26.3 Å². The molecule has 1 aromatic carbocycles. The molecule has 0 aliphatic rings. The van der Waals surface area contributed by atoms with Crippen molar-refractivity contribution in [3.63, 3.8) is 0 Å². The van der Waals surface area contributed by atoms with Crippen LogP contribution in [0, 0.1) is 0 Å². The van der Waals surface area contributed by atoms with Crippen LogP contribution in [0.25, 0.3) is 0 Å². The number of rotatable bonds is 9. The SMILES string of the molecule is CCO/C(=C\Oc1ccc(Cn2cc(COC(=O)N(C)OC)cn2)cc1)C(F)(F)F. The van der Waals surface area contributed by atoms with E-state index in [2.05, 4.69) is 9.84 Å². The summed E-state index contributed by atoms with van der Waals surface area (Å²) < 4.78 is 54.5. The lowest BCUT2D eigenvalue weighted by Gasteiger charge is -2.12. The van der Waals surface area contributed by atoms with Gasteiger partial charge >= 0.3 is 12.3 Å². The van der Waals surface area contributed by atoms with Crippen molar-refractivity contribution in [2.75, 3.05) is 20.8 Å². The van der Waals surface area contributed by atoms with Crippen LogP contribution in [0.2, 0.25) is 0 Å². The molecule has 1 aromatic heterocycles. The Morgan fingerprint density at radius 2 is 1.90 bits per heavy atom. The van der Waals surface area contributed by atoms with Crippen LogP contribution in [-0.2, 0) is 27.5 Å². The third-order valence-corrected chi connectivity index (χ3v) is 3.73. The summed E-state index contributed by atoms with van der Waals surface area (Å²) in [6.45, 7) is 1.78. The van der Waals surface area contributed by atoms with Gasteiger partial charge in [-0.3, -0.25) is 9.52 Å². The average molecular weight is 429 g/mol. The summed E-state index contributed by atoms with van der Waals surface area (Å²) in [5.41, 5.74) is 1.53. The van der Waals surface area contributed by atoms with E-state index in [9.17, 15) is 18.0 Å². The Hall–Kier alpha value is -3.21. The van der Waals surface area contributed by atoms with Crippen molar-refractivity contribution >= 4 is 6.09 Å². The molecule has 0 aliphatic carbocycles. The number of hydrogen-bond donors (Lipinski definition) is 0. The Kier molecular flexibility index (Phi) is 8.10. The zero-order valence-electron chi connectivity index (χ0n) is 16.7. The number of ether oxygens (including phenoxy) is 3. The van der Waals surface area contributed by atoms with Gasteiger partial charge in [-0.1, -0.05) is 12.1 Å². The molecule has 0 saturated heterocycles. The molecule has 2 aromatic rings. The minimum Gasteiger partial charge on any atom is -0.487 e. The van der Waals surface area contributed by atoms with Crippen LogP contribution in [0.3, 0.4) is 0 Å². The molecule has 0 N–H and O–H groups in total. The smallest absolute Gasteiger partial charge is 0.452 e. The van der Waals surface area contributed by atoms with Crippen LogP contribution >= 0.6 is 0 Å². The van der Waals surface area contributed by atoms with E-state index in [1.54, 1.807) is 41.3 Å². The minimum atomic E-state index is -4.62. The first-order valence-corrected chi connectivity index (χ1v) is 8.84. The van der Waals surface area contributed by atoms with Crippen LogP contribution in [0.4, 0.5) is 18.0 Å². The first-order chi connectivity index (χ1) is 14.2. The van der Waals surface area contributed by atoms with Crippen molar-refractivity contribution in [3.8, 4) is 5.75 Å². The van der Waals surface area contributed by atoms with Crippen LogP contribution in [0.1, 0.15) is 18.1 Å². The van der Waals surface area contributed by atoms with Gasteiger partial charge in [0, 0.05) is 18.8 Å². The molecule has 1 heterocycles. The summed E-state index contributed by atoms with van der Waals surface area (Å²) in [5, 5.41) is 5.14. The molecule has 1 amide bonds. The number of nitrogens with zero attached hydrogens (tertiary/aromatic N) is 3. The largest absolute Gasteiger partial charge is 0.487 e. The van der Waals surface area contributed by atoms with Crippen molar-refractivity contribution < 1.29 is 37.0 Å². The number of alkyl halides is 3. The van der Waals surface area contributed by atoms with Gasteiger partial charge in [0.05, 0.1) is 26.5 Å². The predicted molar refractivity (Wildman–Crippen MR) is 99.1 cm³/mol. The topological polar surface area (TPSA) is 75.1 Å².